The average Bonchev–Trinajstić information content (AvgIpc) is 2.63. The van der Waals surface area contributed by atoms with Crippen molar-refractivity contribution in [3.05, 3.63) is 77.9 Å². The Bertz CT molecular complexity index is 974. The number of rotatable bonds is 2. The lowest BCUT2D eigenvalue weighted by Crippen LogP contribution is -2.30. The molecule has 3 heteroatoms. The molecule has 1 unspecified atom stereocenters. The van der Waals surface area contributed by atoms with Crippen LogP contribution in [0.1, 0.15) is 11.1 Å². The van der Waals surface area contributed by atoms with Gasteiger partial charge >= 0.3 is 0 Å². The van der Waals surface area contributed by atoms with Crippen LogP contribution >= 0.6 is 12.8 Å². The van der Waals surface area contributed by atoms with E-state index in [-0.39, 0.29) is 6.04 Å². The highest BCUT2D eigenvalue weighted by atomic mass is 32.1. The fourth-order valence-electron chi connectivity index (χ4n) is 3.58. The SMILES string of the molecule is Cc1c2ccccc2c(C2=CC=CC(NS)C2=N)c2ccccc12. The Morgan fingerprint density at radius 1 is 0.917 bits per heavy atom. The fraction of sp³-hybridized carbons (Fsp3) is 0.0952. The molecule has 2 N–H and O–H groups in total. The zero-order chi connectivity index (χ0) is 16.7. The molecule has 0 heterocycles. The molecule has 1 aliphatic carbocycles. The molecule has 0 amide bonds. The third-order valence-electron chi connectivity index (χ3n) is 4.78. The van der Waals surface area contributed by atoms with Gasteiger partial charge in [0.2, 0.25) is 0 Å². The first-order valence-corrected chi connectivity index (χ1v) is 8.44. The van der Waals surface area contributed by atoms with Gasteiger partial charge in [0.25, 0.3) is 0 Å². The molecule has 0 bridgehead atoms. The Morgan fingerprint density at radius 2 is 1.46 bits per heavy atom. The number of aryl methyl sites for hydroxylation is 1. The van der Waals surface area contributed by atoms with Crippen molar-refractivity contribution in [2.45, 2.75) is 13.0 Å². The molecule has 24 heavy (non-hydrogen) atoms. The lowest BCUT2D eigenvalue weighted by atomic mass is 9.84. The highest BCUT2D eigenvalue weighted by Gasteiger charge is 2.22. The van der Waals surface area contributed by atoms with Crippen LogP contribution in [-0.4, -0.2) is 11.8 Å². The van der Waals surface area contributed by atoms with Crippen LogP contribution in [0.15, 0.2) is 66.8 Å². The minimum Gasteiger partial charge on any atom is -0.303 e. The Hall–Kier alpha value is -2.36. The van der Waals surface area contributed by atoms with Crippen LogP contribution in [0.5, 0.6) is 0 Å². The first kappa shape index (κ1) is 15.2. The first-order chi connectivity index (χ1) is 11.7. The van der Waals surface area contributed by atoms with Gasteiger partial charge in [0.15, 0.2) is 0 Å². The van der Waals surface area contributed by atoms with Gasteiger partial charge in [-0.3, -0.25) is 4.72 Å². The van der Waals surface area contributed by atoms with Crippen molar-refractivity contribution in [3.63, 3.8) is 0 Å². The molecule has 0 spiro atoms. The number of nitrogens with one attached hydrogen (secondary N) is 2. The van der Waals surface area contributed by atoms with E-state index in [9.17, 15) is 0 Å². The topological polar surface area (TPSA) is 35.9 Å². The van der Waals surface area contributed by atoms with Crippen LogP contribution in [0, 0.1) is 12.3 Å². The van der Waals surface area contributed by atoms with Crippen molar-refractivity contribution in [3.8, 4) is 0 Å². The maximum atomic E-state index is 8.61. The van der Waals surface area contributed by atoms with E-state index in [4.69, 9.17) is 5.41 Å². The maximum Gasteiger partial charge on any atom is 0.0774 e. The normalized spacial score (nSPS) is 17.5. The van der Waals surface area contributed by atoms with Crippen LogP contribution in [0.2, 0.25) is 0 Å². The second-order valence-electron chi connectivity index (χ2n) is 6.08. The van der Waals surface area contributed by atoms with E-state index in [0.29, 0.717) is 5.71 Å². The fourth-order valence-corrected chi connectivity index (χ4v) is 3.79. The van der Waals surface area contributed by atoms with Crippen LogP contribution in [0.4, 0.5) is 0 Å². The summed E-state index contributed by atoms with van der Waals surface area (Å²) >= 11 is 4.17. The van der Waals surface area contributed by atoms with E-state index in [1.165, 1.54) is 27.1 Å². The standard InChI is InChI=1S/C21H18N2S/c1-13-14-7-2-4-9-16(14)20(17-10-5-3-8-15(13)17)18-11-6-12-19(23-24)21(18)22/h2-12,19,22-24H,1H3. The van der Waals surface area contributed by atoms with Crippen LogP contribution in [0.25, 0.3) is 27.1 Å². The van der Waals surface area contributed by atoms with Crippen molar-refractivity contribution in [2.24, 2.45) is 0 Å². The number of allylic oxidation sites excluding steroid dienone is 2. The Kier molecular flexibility index (Phi) is 3.75. The number of hydrogen-bond donors (Lipinski definition) is 3. The summed E-state index contributed by atoms with van der Waals surface area (Å²) < 4.78 is 2.90. The van der Waals surface area contributed by atoms with E-state index < -0.39 is 0 Å². The van der Waals surface area contributed by atoms with E-state index in [1.54, 1.807) is 0 Å². The van der Waals surface area contributed by atoms with Crippen molar-refractivity contribution < 1.29 is 0 Å². The molecule has 3 aromatic rings. The first-order valence-electron chi connectivity index (χ1n) is 7.99. The van der Waals surface area contributed by atoms with Crippen molar-refractivity contribution >= 4 is 45.6 Å². The second-order valence-corrected chi connectivity index (χ2v) is 6.34. The minimum absolute atomic E-state index is 0.174. The van der Waals surface area contributed by atoms with E-state index in [1.807, 2.05) is 18.2 Å². The molecule has 2 nitrogen and oxygen atoms in total. The van der Waals surface area contributed by atoms with Crippen LogP contribution in [-0.2, 0) is 0 Å². The molecule has 1 atom stereocenters. The minimum atomic E-state index is -0.174. The van der Waals surface area contributed by atoms with Gasteiger partial charge in [-0.1, -0.05) is 79.6 Å². The summed E-state index contributed by atoms with van der Waals surface area (Å²) in [7, 11) is 0. The van der Waals surface area contributed by atoms with Gasteiger partial charge in [0.05, 0.1) is 11.8 Å². The summed E-state index contributed by atoms with van der Waals surface area (Å²) in [6, 6.07) is 16.7. The summed E-state index contributed by atoms with van der Waals surface area (Å²) in [6.45, 7) is 2.17. The number of fused-ring (bicyclic) bond motifs is 2. The summed E-state index contributed by atoms with van der Waals surface area (Å²) in [5, 5.41) is 13.5. The van der Waals surface area contributed by atoms with Crippen molar-refractivity contribution in [1.82, 2.24) is 4.72 Å². The molecule has 0 saturated heterocycles. The monoisotopic (exact) mass is 330 g/mol. The molecule has 0 fully saturated rings. The van der Waals surface area contributed by atoms with Crippen LogP contribution in [0.3, 0.4) is 0 Å². The molecule has 0 radical (unpaired) electrons. The van der Waals surface area contributed by atoms with Crippen LogP contribution < -0.4 is 4.72 Å². The van der Waals surface area contributed by atoms with E-state index >= 15 is 0 Å². The number of hydrogen-bond acceptors (Lipinski definition) is 3. The second kappa shape index (κ2) is 5.93. The summed E-state index contributed by atoms with van der Waals surface area (Å²) in [4.78, 5) is 0. The lowest BCUT2D eigenvalue weighted by molar-refractivity contribution is 0.986. The van der Waals surface area contributed by atoms with Gasteiger partial charge in [-0.15, -0.1) is 0 Å². The molecule has 0 aromatic heterocycles. The highest BCUT2D eigenvalue weighted by molar-refractivity contribution is 7.78. The number of thiol groups is 1. The zero-order valence-electron chi connectivity index (χ0n) is 13.4. The van der Waals surface area contributed by atoms with Gasteiger partial charge in [-0.05, 0) is 39.6 Å². The lowest BCUT2D eigenvalue weighted by Gasteiger charge is -2.22. The number of benzene rings is 3. The smallest absolute Gasteiger partial charge is 0.0774 e. The molecule has 0 aliphatic heterocycles. The summed E-state index contributed by atoms with van der Waals surface area (Å²) in [6.07, 6.45) is 6.00. The molecule has 1 aliphatic rings. The molecular weight excluding hydrogens is 312 g/mol. The maximum absolute atomic E-state index is 8.61. The Morgan fingerprint density at radius 3 is 2.00 bits per heavy atom. The molecule has 0 saturated carbocycles. The predicted molar refractivity (Wildman–Crippen MR) is 107 cm³/mol. The van der Waals surface area contributed by atoms with Gasteiger partial charge < -0.3 is 5.41 Å². The quantitative estimate of drug-likeness (QED) is 0.445. The van der Waals surface area contributed by atoms with Crippen molar-refractivity contribution in [1.29, 1.82) is 5.41 Å². The van der Waals surface area contributed by atoms with Crippen molar-refractivity contribution in [2.75, 3.05) is 0 Å². The average molecular weight is 330 g/mol. The highest BCUT2D eigenvalue weighted by Crippen LogP contribution is 2.37. The Labute approximate surface area is 146 Å². The Balaban J connectivity index is 2.14. The molecular formula is C21H18N2S. The third kappa shape index (κ3) is 2.20. The van der Waals surface area contributed by atoms with E-state index in [0.717, 1.165) is 11.1 Å². The summed E-state index contributed by atoms with van der Waals surface area (Å²) in [5.74, 6) is 0. The zero-order valence-corrected chi connectivity index (χ0v) is 14.3. The van der Waals surface area contributed by atoms with Gasteiger partial charge in [0, 0.05) is 5.57 Å². The van der Waals surface area contributed by atoms with Gasteiger partial charge in [-0.25, -0.2) is 0 Å². The third-order valence-corrected chi connectivity index (χ3v) is 5.06. The van der Waals surface area contributed by atoms with Gasteiger partial charge in [0.1, 0.15) is 0 Å². The molecule has 3 aromatic carbocycles. The largest absolute Gasteiger partial charge is 0.303 e. The van der Waals surface area contributed by atoms with E-state index in [2.05, 4.69) is 73.0 Å². The molecule has 118 valence electrons. The van der Waals surface area contributed by atoms with Gasteiger partial charge in [-0.2, -0.15) is 0 Å². The predicted octanol–water partition coefficient (Wildman–Crippen LogP) is 5.08. The molecule has 4 rings (SSSR count). The summed E-state index contributed by atoms with van der Waals surface area (Å²) in [5.41, 5.74) is 3.92.